The number of benzene rings is 8. The fourth-order valence-electron chi connectivity index (χ4n) is 15.5. The van der Waals surface area contributed by atoms with E-state index in [0.29, 0.717) is 53.1 Å². The maximum absolute atomic E-state index is 10.9. The SMILES string of the molecule is CC(=O)Nc1ccc(OC2C[C@@H](C)[CH-]O2)cc1.C[C@H]1[CH-]OC(Oc2ccc(CN3CCN(C)CC3)cc2)C1.C[C@H]1[CH-]OC(Oc2ccc(N3CCN(C)CC3)cc2)C1.C[C@H]1[CH-]OC(Oc2ccc(N3CCOCC3)cc2)C1.C[C@H]1[CH-]OC(Oc2ccc(OS(C)(=O)=O)cc2)C1.C[C@H]1[CH-]OC(Oc2ccccc2)C1.Cc1ccc(OC2C[C@@H](C)[CH-]O2)cc1.Cc1ccc(OC2C[C@@H](C)[CH-]O2)cc1.[Cs+].[Cs+].[Cs+].[Cs+].[Cs+].[Cs+].[Cs+].[Cs+]. The van der Waals surface area contributed by atoms with Crippen molar-refractivity contribution in [2.75, 3.05) is 114 Å². The van der Waals surface area contributed by atoms with E-state index in [9.17, 15) is 13.2 Å². The van der Waals surface area contributed by atoms with E-state index in [0.717, 1.165) is 189 Å². The Morgan fingerprint density at radius 1 is 0.319 bits per heavy atom. The summed E-state index contributed by atoms with van der Waals surface area (Å²) in [7, 11) is 0.872. The molecule has 0 bridgehead atoms. The van der Waals surface area contributed by atoms with Crippen LogP contribution in [0.5, 0.6) is 51.7 Å². The fraction of sp³-hybridized carbons (Fsp3) is 0.472. The summed E-state index contributed by atoms with van der Waals surface area (Å²) in [6, 6.07) is 64.4. The van der Waals surface area contributed by atoms with E-state index in [4.69, 9.17) is 84.7 Å². The number of aryl methyl sites for hydroxylation is 2. The molecule has 1 amide bonds. The van der Waals surface area contributed by atoms with Gasteiger partial charge in [-0.3, -0.25) is 9.69 Å². The van der Waals surface area contributed by atoms with Crippen LogP contribution in [0.4, 0.5) is 17.1 Å². The van der Waals surface area contributed by atoms with Crippen molar-refractivity contribution in [3.63, 3.8) is 0 Å². The van der Waals surface area contributed by atoms with Gasteiger partial charge in [-0.1, -0.05) is 121 Å². The molecule has 144 heavy (non-hydrogen) atoms. The number of hydrogen-bond acceptors (Lipinski definition) is 26. The third-order valence-electron chi connectivity index (χ3n) is 23.2. The number of rotatable bonds is 23. The number of amides is 1. The maximum Gasteiger partial charge on any atom is 1.00 e. The van der Waals surface area contributed by atoms with Gasteiger partial charge in [-0.25, -0.2) is 52.9 Å². The number of nitrogens with zero attached hydrogens (tertiary/aromatic N) is 5. The summed E-state index contributed by atoms with van der Waals surface area (Å²) >= 11 is 0. The van der Waals surface area contributed by atoms with Crippen LogP contribution in [0.15, 0.2) is 200 Å². The van der Waals surface area contributed by atoms with E-state index in [1.807, 2.05) is 162 Å². The van der Waals surface area contributed by atoms with E-state index < -0.39 is 10.1 Å². The van der Waals surface area contributed by atoms with E-state index >= 15 is 0 Å². The van der Waals surface area contributed by atoms with E-state index in [2.05, 4.69) is 155 Å². The van der Waals surface area contributed by atoms with Crippen LogP contribution in [0.3, 0.4) is 0 Å². The summed E-state index contributed by atoms with van der Waals surface area (Å²) in [4.78, 5) is 22.8. The second-order valence-electron chi connectivity index (χ2n) is 36.8. The van der Waals surface area contributed by atoms with Gasteiger partial charge in [0.05, 0.1) is 19.5 Å². The summed E-state index contributed by atoms with van der Waals surface area (Å²) in [5, 5.41) is 2.70. The molecule has 1 N–H and O–H groups in total. The van der Waals surface area contributed by atoms with Crippen molar-refractivity contribution in [2.24, 2.45) is 47.3 Å². The van der Waals surface area contributed by atoms with Crippen LogP contribution >= 0.6 is 0 Å². The number of carbonyl (C=O) groups excluding carboxylic acids is 1. The molecule has 744 valence electrons. The fourth-order valence-corrected chi connectivity index (χ4v) is 16.0. The molecule has 0 radical (unpaired) electrons. The predicted octanol–water partition coefficient (Wildman–Crippen LogP) is -3.84. The van der Waals surface area contributed by atoms with Gasteiger partial charge < -0.3 is 110 Å². The van der Waals surface area contributed by atoms with Crippen molar-refractivity contribution in [3.05, 3.63) is 270 Å². The molecule has 0 spiro atoms. The number of anilines is 3. The summed E-state index contributed by atoms with van der Waals surface area (Å²) < 4.78 is 121. The van der Waals surface area contributed by atoms with Crippen LogP contribution in [0, 0.1) is 114 Å². The van der Waals surface area contributed by atoms with Gasteiger partial charge in [0.25, 0.3) is 0 Å². The van der Waals surface area contributed by atoms with Gasteiger partial charge in [0.1, 0.15) is 51.7 Å². The molecule has 0 aliphatic carbocycles. The number of ether oxygens (including phenoxy) is 17. The Hall–Kier alpha value is 6.92. The Labute approximate surface area is 1330 Å². The van der Waals surface area contributed by atoms with Crippen LogP contribution in [-0.2, 0) is 64.1 Å². The molecule has 11 heterocycles. The summed E-state index contributed by atoms with van der Waals surface area (Å²) in [5.41, 5.74) is 7.09. The van der Waals surface area contributed by atoms with Crippen LogP contribution in [0.2, 0.25) is 0 Å². The van der Waals surface area contributed by atoms with Crippen molar-refractivity contribution in [2.45, 2.75) is 184 Å². The zero-order chi connectivity index (χ0) is 96.1. The summed E-state index contributed by atoms with van der Waals surface area (Å²) in [6.45, 7) is 50.8. The van der Waals surface area contributed by atoms with E-state index in [1.165, 1.54) is 35.0 Å². The van der Waals surface area contributed by atoms with Crippen molar-refractivity contribution in [1.82, 2.24) is 14.7 Å². The number of likely N-dealkylation sites (N-methyl/N-ethyl adjacent to an activating group) is 2. The molecular weight excluding hydrogens is 2810 g/mol. The van der Waals surface area contributed by atoms with Crippen molar-refractivity contribution in [1.29, 1.82) is 0 Å². The molecule has 11 saturated heterocycles. The molecule has 19 rings (SSSR count). The Morgan fingerprint density at radius 2 is 0.556 bits per heavy atom. The third-order valence-corrected chi connectivity index (χ3v) is 23.7. The first-order valence-corrected chi connectivity index (χ1v) is 49.7. The minimum Gasteiger partial charge on any atom is -0.520 e. The van der Waals surface area contributed by atoms with Gasteiger partial charge in [-0.05, 0) is 230 Å². The molecule has 8 aromatic rings. The average molecular weight is 2960 g/mol. The second-order valence-corrected chi connectivity index (χ2v) is 38.3. The topological polar surface area (TPSA) is 246 Å². The van der Waals surface area contributed by atoms with Gasteiger partial charge in [-0.15, -0.1) is 47.3 Å². The third kappa shape index (κ3) is 57.6. The number of hydrogen-bond donors (Lipinski definition) is 1. The molecule has 0 aromatic heterocycles. The molecule has 11 aliphatic rings. The molecule has 8 unspecified atom stereocenters. The normalized spacial score (nSPS) is 24.9. The predicted molar refractivity (Wildman–Crippen MR) is 525 cm³/mol. The monoisotopic (exact) mass is 2950 g/mol. The van der Waals surface area contributed by atoms with E-state index in [-0.39, 0.29) is 613 Å². The molecule has 8 aromatic carbocycles. The minimum absolute atomic E-state index is 0. The number of nitrogens with one attached hydrogen (secondary N) is 1. The first-order valence-electron chi connectivity index (χ1n) is 47.8. The first kappa shape index (κ1) is 143. The largest absolute Gasteiger partial charge is 1.00 e. The van der Waals surface area contributed by atoms with Crippen LogP contribution in [-0.4, -0.2) is 178 Å². The molecule has 11 aliphatic heterocycles. The van der Waals surface area contributed by atoms with Crippen molar-refractivity contribution in [3.8, 4) is 51.7 Å². The Balaban J connectivity index is 0.000000342. The molecule has 16 atom stereocenters. The summed E-state index contributed by atoms with van der Waals surface area (Å²) in [5.74, 6) is 10.5. The zero-order valence-corrected chi connectivity index (χ0v) is 141. The van der Waals surface area contributed by atoms with Gasteiger partial charge in [-0.2, -0.15) is 8.42 Å². The minimum atomic E-state index is -3.49. The first-order chi connectivity index (χ1) is 65.6. The maximum atomic E-state index is 10.9. The van der Waals surface area contributed by atoms with Crippen LogP contribution < -0.4 is 608 Å². The smallest absolute Gasteiger partial charge is 0.520 e. The number of piperazine rings is 2. The molecule has 0 saturated carbocycles. The Bertz CT molecular complexity index is 4790. The number of morpholine rings is 1. The van der Waals surface area contributed by atoms with Gasteiger partial charge in [0.15, 0.2) is 50.3 Å². The molecule has 36 heteroatoms. The van der Waals surface area contributed by atoms with Crippen LogP contribution in [0.25, 0.3) is 0 Å². The number of para-hydroxylation sites is 1. The van der Waals surface area contributed by atoms with Gasteiger partial charge in [0, 0.05) is 96.0 Å². The Morgan fingerprint density at radius 3 is 0.819 bits per heavy atom. The van der Waals surface area contributed by atoms with Crippen molar-refractivity contribution < 1.29 is 649 Å². The quantitative estimate of drug-likeness (QED) is 0.0476. The molecule has 27 nitrogen and oxygen atoms in total. The van der Waals surface area contributed by atoms with E-state index in [1.54, 1.807) is 49.6 Å². The standard InChI is InChI=1S/C17H25N2O2.C16H23N2O2.C15H20NO3.C13H16NO3.C12H15O5S.2C12H15O2.C11H13O2.8Cs/c1-14-11-17(20-13-14)21-16-5-3-15(4-6-16)12-19-9-7-18(2)8-10-19;1-13-11-16(19-12-13)20-15-5-3-14(4-6-15)18-9-7-17(2)8-10-18;1-12-10-15(18-11-12)19-14-4-2-13(3-5-14)16-6-8-17-9-7-16;1-9-7-13(16-8-9)17-12-5-3-11(4-6-12)14-10(2)15;1-9-7-12(15-8-9)16-10-3-5-11(6-4-10)17-18(2,13)14;2*1-9-3-5-11(6-4-9)14-12-7-10(2)8-13-12;1-9-7-11(12-8-9)13-10-5-3-2-4-6-10;;;;;;;;/h3-6,13-14,17H,7-12H2,1-2H3;3-6,12-13,16H,7-11H2,1-2H3;2-5,11-12,15H,6-10H2,1H3;3-6,8-9,13H,7H2,1-2H3,(H,14,15);3-6,8-9,12H,7H2,1-2H3;2*3-6,8,10,12H,7H2,1-2H3;2-6,8-9,11H,7H2,1H3;;;;;;;;/q8*-1;8*+1/t14-,17?;13-,16?;12-,15?;9-,13?;9-,12?;2*10-,12?;9-,11?;;;;;;;;/m11111111......../s1. The number of carbonyl (C=O) groups is 1. The van der Waals surface area contributed by atoms with Crippen molar-refractivity contribution >= 4 is 33.1 Å². The van der Waals surface area contributed by atoms with Crippen LogP contribution in [0.1, 0.15) is 130 Å². The molecular formula is C108H142Cs8N6O21S. The Kier molecular flexibility index (Phi) is 78.7. The van der Waals surface area contributed by atoms with Gasteiger partial charge in [0.2, 0.25) is 5.91 Å². The second kappa shape index (κ2) is 79.2. The average Bonchev–Trinajstić information content (AvgIpc) is 1.41. The molecule has 11 fully saturated rings. The summed E-state index contributed by atoms with van der Waals surface area (Å²) in [6.07, 6.45) is 7.12. The van der Waals surface area contributed by atoms with Gasteiger partial charge >= 0.3 is 561 Å². The zero-order valence-electron chi connectivity index (χ0n) is 89.5.